The van der Waals surface area contributed by atoms with Crippen molar-refractivity contribution in [2.24, 2.45) is 0 Å². The molecule has 0 fully saturated rings. The lowest BCUT2D eigenvalue weighted by Gasteiger charge is -1.76. The molecule has 5 heavy (non-hydrogen) atoms. The van der Waals surface area contributed by atoms with Crippen LogP contribution in [-0.2, 0) is 0 Å². The van der Waals surface area contributed by atoms with Gasteiger partial charge in [-0.15, -0.1) is 30.8 Å². The third kappa shape index (κ3) is 5.22. The first kappa shape index (κ1) is 6.22. The molecule has 0 rings (SSSR count). The molecule has 0 spiro atoms. The third-order valence-corrected chi connectivity index (χ3v) is 2.65. The number of hydrogen-bond donors (Lipinski definition) is 0. The van der Waals surface area contributed by atoms with Gasteiger partial charge >= 0.3 is 0 Å². The first-order chi connectivity index (χ1) is 2.41. The van der Waals surface area contributed by atoms with Gasteiger partial charge in [-0.2, -0.15) is 0 Å². The van der Waals surface area contributed by atoms with Crippen molar-refractivity contribution in [2.75, 3.05) is 6.16 Å². The van der Waals surface area contributed by atoms with Crippen molar-refractivity contribution in [3.05, 3.63) is 0 Å². The number of hydrogen-bond acceptors (Lipinski definition) is 0. The molecule has 0 saturated carbocycles. The summed E-state index contributed by atoms with van der Waals surface area (Å²) >= 11 is 2.40. The quantitative estimate of drug-likeness (QED) is 0.358. The van der Waals surface area contributed by atoms with Gasteiger partial charge in [0, 0.05) is 0 Å². The molecule has 1 atom stereocenters. The Morgan fingerprint density at radius 3 is 2.60 bits per heavy atom. The predicted octanol–water partition coefficient (Wildman–Crippen LogP) is 1.39. The Bertz CT molecular complexity index is 17.1. The lowest BCUT2D eigenvalue weighted by Crippen LogP contribution is -1.59. The number of rotatable bonds is 2. The maximum atomic E-state index is 2.40. The van der Waals surface area contributed by atoms with E-state index in [-0.39, 0.29) is 0 Å². The van der Waals surface area contributed by atoms with Crippen molar-refractivity contribution < 1.29 is 0 Å². The van der Waals surface area contributed by atoms with Gasteiger partial charge < -0.3 is 0 Å². The highest BCUT2D eigenvalue weighted by Crippen LogP contribution is 2.06. The molecule has 0 aliphatic carbocycles. The van der Waals surface area contributed by atoms with Gasteiger partial charge in [-0.1, -0.05) is 6.92 Å². The monoisotopic (exact) mass is 200 g/mol. The van der Waals surface area contributed by atoms with Crippen LogP contribution in [0.2, 0.25) is 0 Å². The molecule has 0 aliphatic heterocycles. The average molecular weight is 200 g/mol. The van der Waals surface area contributed by atoms with Crippen LogP contribution in [0.15, 0.2) is 0 Å². The fraction of sp³-hybridized carbons (Fsp3) is 1.00. The van der Waals surface area contributed by atoms with Crippen LogP contribution in [0.25, 0.3) is 0 Å². The van der Waals surface area contributed by atoms with Crippen LogP contribution in [0.5, 0.6) is 0 Å². The maximum absolute atomic E-state index is 2.40. The van der Waals surface area contributed by atoms with Crippen LogP contribution < -0.4 is 0 Å². The Hall–Kier alpha value is 1.22. The fourth-order valence-corrected chi connectivity index (χ4v) is 1.90. The van der Waals surface area contributed by atoms with Gasteiger partial charge in [-0.25, -0.2) is 0 Å². The normalized spacial score (nSPS) is 10.0. The molecule has 0 saturated heterocycles. The topological polar surface area (TPSA) is 0 Å². The standard InChI is InChI=1S/C2H7BIP/c1-2-5-3-4/h3,5H,2H2,1H3. The second kappa shape index (κ2) is 5.22. The van der Waals surface area contributed by atoms with E-state index in [1.807, 2.05) is 0 Å². The van der Waals surface area contributed by atoms with E-state index in [2.05, 4.69) is 29.3 Å². The molecule has 0 radical (unpaired) electrons. The second-order valence-electron chi connectivity index (χ2n) is 0.737. The highest BCUT2D eigenvalue weighted by molar-refractivity contribution is 14.1. The van der Waals surface area contributed by atoms with E-state index in [4.69, 9.17) is 0 Å². The molecule has 0 amide bonds. The lowest BCUT2D eigenvalue weighted by molar-refractivity contribution is 1.53. The smallest absolute Gasteiger partial charge is 0.148 e. The summed E-state index contributed by atoms with van der Waals surface area (Å²) in [5.74, 6) is 0. The molecule has 0 aliphatic rings. The lowest BCUT2D eigenvalue weighted by atomic mass is 10.7. The van der Waals surface area contributed by atoms with Gasteiger partial charge in [0.15, 0.2) is 0 Å². The van der Waals surface area contributed by atoms with Gasteiger partial charge in [0.2, 0.25) is 4.86 Å². The zero-order valence-electron chi connectivity index (χ0n) is 3.29. The van der Waals surface area contributed by atoms with Gasteiger partial charge in [0.1, 0.15) is 0 Å². The van der Waals surface area contributed by atoms with Crippen LogP contribution in [0, 0.1) is 0 Å². The Balaban J connectivity index is 2.19. The average Bonchev–Trinajstić information content (AvgIpc) is 1.41. The Morgan fingerprint density at radius 2 is 2.60 bits per heavy atom. The molecule has 0 aromatic rings. The zero-order chi connectivity index (χ0) is 4.12. The minimum Gasteiger partial charge on any atom is -0.148 e. The Morgan fingerprint density at radius 1 is 2.00 bits per heavy atom. The summed E-state index contributed by atoms with van der Waals surface area (Å²) in [5, 5.41) is 0. The summed E-state index contributed by atoms with van der Waals surface area (Å²) in [4.78, 5) is 1.34. The Labute approximate surface area is 49.0 Å². The van der Waals surface area contributed by atoms with Crippen LogP contribution in [0.3, 0.4) is 0 Å². The summed E-state index contributed by atoms with van der Waals surface area (Å²) in [6.45, 7) is 2.22. The van der Waals surface area contributed by atoms with E-state index in [0.717, 1.165) is 0 Å². The van der Waals surface area contributed by atoms with Crippen molar-refractivity contribution >= 4 is 35.7 Å². The molecule has 1 unspecified atom stereocenters. The zero-order valence-corrected chi connectivity index (χ0v) is 6.45. The molecule has 30 valence electrons. The largest absolute Gasteiger partial charge is 0.225 e. The minimum absolute atomic E-state index is 1.18. The third-order valence-electron chi connectivity index (χ3n) is 0.344. The van der Waals surface area contributed by atoms with Crippen molar-refractivity contribution in [1.82, 2.24) is 0 Å². The van der Waals surface area contributed by atoms with E-state index in [9.17, 15) is 0 Å². The van der Waals surface area contributed by atoms with Crippen LogP contribution in [0.1, 0.15) is 6.92 Å². The van der Waals surface area contributed by atoms with Crippen LogP contribution in [-0.4, -0.2) is 11.0 Å². The highest BCUT2D eigenvalue weighted by atomic mass is 127. The molecule has 3 heteroatoms. The van der Waals surface area contributed by atoms with Crippen molar-refractivity contribution in [3.8, 4) is 0 Å². The van der Waals surface area contributed by atoms with Gasteiger partial charge in [-0.3, -0.25) is 0 Å². The Kier molecular flexibility index (Phi) is 6.50. The van der Waals surface area contributed by atoms with E-state index >= 15 is 0 Å². The highest BCUT2D eigenvalue weighted by Gasteiger charge is 1.72. The SMILES string of the molecule is CCPBI. The first-order valence-corrected chi connectivity index (χ1v) is 4.62. The molecule has 0 heterocycles. The summed E-state index contributed by atoms with van der Waals surface area (Å²) in [6, 6.07) is 0. The van der Waals surface area contributed by atoms with Crippen LogP contribution >= 0.6 is 30.8 Å². The summed E-state index contributed by atoms with van der Waals surface area (Å²) < 4.78 is 0. The first-order valence-electron chi connectivity index (χ1n) is 1.68. The van der Waals surface area contributed by atoms with E-state index in [1.165, 1.54) is 19.5 Å². The molecule has 0 aromatic heterocycles. The predicted molar refractivity (Wildman–Crippen MR) is 40.0 cm³/mol. The summed E-state index contributed by atoms with van der Waals surface area (Å²) in [7, 11) is 1.18. The summed E-state index contributed by atoms with van der Waals surface area (Å²) in [5.41, 5.74) is 0. The minimum atomic E-state index is 1.18. The molecular formula is C2H7BIP. The molecule has 0 bridgehead atoms. The van der Waals surface area contributed by atoms with Gasteiger partial charge in [0.05, 0.1) is 0 Å². The van der Waals surface area contributed by atoms with E-state index < -0.39 is 0 Å². The number of halogens is 1. The molecule has 0 nitrogen and oxygen atoms in total. The second-order valence-corrected chi connectivity index (χ2v) is 4.50. The van der Waals surface area contributed by atoms with Gasteiger partial charge in [-0.05, 0) is 6.16 Å². The van der Waals surface area contributed by atoms with Crippen molar-refractivity contribution in [2.45, 2.75) is 6.92 Å². The molecular weight excluding hydrogens is 193 g/mol. The van der Waals surface area contributed by atoms with Crippen LogP contribution in [0.4, 0.5) is 0 Å². The maximum Gasteiger partial charge on any atom is 0.225 e. The fourth-order valence-electron chi connectivity index (χ4n) is 0.0945. The summed E-state index contributed by atoms with van der Waals surface area (Å²) in [6.07, 6.45) is 1.36. The molecule has 0 aromatic carbocycles. The van der Waals surface area contributed by atoms with Gasteiger partial charge in [0.25, 0.3) is 0 Å². The van der Waals surface area contributed by atoms with E-state index in [0.29, 0.717) is 0 Å². The van der Waals surface area contributed by atoms with E-state index in [1.54, 1.807) is 0 Å². The van der Waals surface area contributed by atoms with Crippen molar-refractivity contribution in [1.29, 1.82) is 0 Å². The molecule has 0 N–H and O–H groups in total. The van der Waals surface area contributed by atoms with Crippen molar-refractivity contribution in [3.63, 3.8) is 0 Å².